The van der Waals surface area contributed by atoms with E-state index in [0.717, 1.165) is 16.1 Å². The zero-order valence-corrected chi connectivity index (χ0v) is 16.3. The van der Waals surface area contributed by atoms with Gasteiger partial charge in [0, 0.05) is 13.1 Å². The highest BCUT2D eigenvalue weighted by molar-refractivity contribution is 7.92. The van der Waals surface area contributed by atoms with Crippen molar-refractivity contribution in [1.82, 2.24) is 4.90 Å². The molecule has 0 saturated carbocycles. The number of carbonyl (C=O) groups is 1. The first kappa shape index (κ1) is 19.7. The van der Waals surface area contributed by atoms with E-state index in [0.29, 0.717) is 18.5 Å². The first-order valence-electron chi connectivity index (χ1n) is 8.07. The largest absolute Gasteiger partial charge is 0.340 e. The summed E-state index contributed by atoms with van der Waals surface area (Å²) in [5, 5.41) is 0. The molecule has 1 saturated heterocycles. The maximum atomic E-state index is 12.6. The van der Waals surface area contributed by atoms with Crippen molar-refractivity contribution in [2.24, 2.45) is 0 Å². The molecule has 0 spiro atoms. The maximum absolute atomic E-state index is 12.6. The normalized spacial score (nSPS) is 19.6. The minimum Gasteiger partial charge on any atom is -0.340 e. The van der Waals surface area contributed by atoms with Crippen molar-refractivity contribution < 1.29 is 21.6 Å². The lowest BCUT2D eigenvalue weighted by atomic mass is 10.1. The molecule has 1 fully saturated rings. The number of amides is 1. The van der Waals surface area contributed by atoms with Crippen LogP contribution in [0.2, 0.25) is 0 Å². The van der Waals surface area contributed by atoms with Crippen molar-refractivity contribution in [3.8, 4) is 0 Å². The van der Waals surface area contributed by atoms with Crippen molar-refractivity contribution in [3.63, 3.8) is 0 Å². The molecule has 0 aromatic heterocycles. The predicted octanol–water partition coefficient (Wildman–Crippen LogP) is 0.661. The fraction of sp³-hybridized carbons (Fsp3) is 0.562. The lowest BCUT2D eigenvalue weighted by Gasteiger charge is -2.29. The van der Waals surface area contributed by atoms with E-state index >= 15 is 0 Å². The second-order valence-corrected chi connectivity index (χ2v) is 10.4. The molecule has 140 valence electrons. The van der Waals surface area contributed by atoms with Crippen molar-refractivity contribution in [1.29, 1.82) is 0 Å². The molecule has 2 rings (SSSR count). The van der Waals surface area contributed by atoms with Crippen LogP contribution in [0.5, 0.6) is 0 Å². The Morgan fingerprint density at radius 2 is 1.92 bits per heavy atom. The zero-order valence-electron chi connectivity index (χ0n) is 14.7. The summed E-state index contributed by atoms with van der Waals surface area (Å²) >= 11 is 0. The van der Waals surface area contributed by atoms with Gasteiger partial charge in [-0.2, -0.15) is 0 Å². The van der Waals surface area contributed by atoms with Gasteiger partial charge in [0.15, 0.2) is 9.84 Å². The van der Waals surface area contributed by atoms with Crippen LogP contribution in [0.15, 0.2) is 24.3 Å². The molecule has 0 N–H and O–H groups in total. The minimum atomic E-state index is -3.66. The predicted molar refractivity (Wildman–Crippen MR) is 97.8 cm³/mol. The van der Waals surface area contributed by atoms with Gasteiger partial charge < -0.3 is 4.90 Å². The van der Waals surface area contributed by atoms with Crippen molar-refractivity contribution in [2.75, 3.05) is 35.7 Å². The molecule has 7 nitrogen and oxygen atoms in total. The van der Waals surface area contributed by atoms with E-state index in [2.05, 4.69) is 0 Å². The van der Waals surface area contributed by atoms with E-state index in [-0.39, 0.29) is 18.1 Å². The van der Waals surface area contributed by atoms with E-state index in [9.17, 15) is 21.6 Å². The molecule has 0 aliphatic carbocycles. The molecule has 1 aliphatic heterocycles. The van der Waals surface area contributed by atoms with Crippen LogP contribution >= 0.6 is 0 Å². The summed E-state index contributed by atoms with van der Waals surface area (Å²) in [6.45, 7) is 1.57. The van der Waals surface area contributed by atoms with Gasteiger partial charge in [0.05, 0.1) is 23.4 Å². The highest BCUT2D eigenvalue weighted by Crippen LogP contribution is 2.24. The van der Waals surface area contributed by atoms with Crippen molar-refractivity contribution in [3.05, 3.63) is 29.8 Å². The van der Waals surface area contributed by atoms with Crippen LogP contribution in [-0.2, 0) is 31.1 Å². The summed E-state index contributed by atoms with van der Waals surface area (Å²) < 4.78 is 48.8. The quantitative estimate of drug-likeness (QED) is 0.714. The van der Waals surface area contributed by atoms with Gasteiger partial charge in [-0.1, -0.05) is 25.1 Å². The number of likely N-dealkylation sites (N-methyl/N-ethyl adjacent to an activating group) is 1. The lowest BCUT2D eigenvalue weighted by molar-refractivity contribution is -0.129. The first-order chi connectivity index (χ1) is 11.5. The molecule has 1 aromatic carbocycles. The molecule has 1 aliphatic rings. The Hall–Kier alpha value is -1.61. The Balaban J connectivity index is 2.25. The Bertz CT molecular complexity index is 849. The average molecular weight is 389 g/mol. The number of hydrogen-bond donors (Lipinski definition) is 0. The van der Waals surface area contributed by atoms with Crippen molar-refractivity contribution in [2.45, 2.75) is 25.8 Å². The topological polar surface area (TPSA) is 91.8 Å². The van der Waals surface area contributed by atoms with Crippen LogP contribution in [-0.4, -0.2) is 65.0 Å². The summed E-state index contributed by atoms with van der Waals surface area (Å²) in [7, 11) is -5.25. The number of nitrogens with zero attached hydrogens (tertiary/aromatic N) is 2. The second-order valence-electron chi connectivity index (χ2n) is 6.31. The summed E-state index contributed by atoms with van der Waals surface area (Å²) in [5.41, 5.74) is 1.31. The minimum absolute atomic E-state index is 0.0593. The number of anilines is 1. The van der Waals surface area contributed by atoms with Crippen LogP contribution in [0.4, 0.5) is 5.69 Å². The van der Waals surface area contributed by atoms with Gasteiger partial charge in [-0.05, 0) is 24.5 Å². The smallest absolute Gasteiger partial charge is 0.243 e. The monoisotopic (exact) mass is 388 g/mol. The number of sulfonamides is 1. The van der Waals surface area contributed by atoms with Crippen molar-refractivity contribution >= 4 is 31.5 Å². The molecule has 1 aromatic rings. The molecular weight excluding hydrogens is 364 g/mol. The third-order valence-electron chi connectivity index (χ3n) is 4.47. The summed E-state index contributed by atoms with van der Waals surface area (Å²) in [4.78, 5) is 14.0. The van der Waals surface area contributed by atoms with E-state index in [1.807, 2.05) is 19.1 Å². The Labute approximate surface area is 149 Å². The molecule has 0 bridgehead atoms. The Kier molecular flexibility index (Phi) is 5.78. The molecular formula is C16H24N2O5S2. The molecule has 1 heterocycles. The van der Waals surface area contributed by atoms with E-state index in [1.54, 1.807) is 12.1 Å². The van der Waals surface area contributed by atoms with E-state index in [4.69, 9.17) is 0 Å². The third-order valence-corrected chi connectivity index (χ3v) is 7.35. The van der Waals surface area contributed by atoms with Crippen LogP contribution in [0.25, 0.3) is 0 Å². The van der Waals surface area contributed by atoms with Gasteiger partial charge >= 0.3 is 0 Å². The summed E-state index contributed by atoms with van der Waals surface area (Å²) in [6, 6.07) is 6.64. The maximum Gasteiger partial charge on any atom is 0.243 e. The summed E-state index contributed by atoms with van der Waals surface area (Å²) in [6.07, 6.45) is 2.08. The van der Waals surface area contributed by atoms with Crippen LogP contribution in [0.3, 0.4) is 0 Å². The standard InChI is InChI=1S/C16H24N2O5S2/c1-4-13-7-5-6-8-15(13)18(24(3,20)21)11-16(19)17(2)14-9-10-25(22,23)12-14/h5-8,14H,4,9-12H2,1-3H3. The Morgan fingerprint density at radius 1 is 1.28 bits per heavy atom. The first-order valence-corrected chi connectivity index (χ1v) is 11.7. The van der Waals surface area contributed by atoms with Gasteiger partial charge in [0.25, 0.3) is 0 Å². The van der Waals surface area contributed by atoms with Crippen LogP contribution in [0.1, 0.15) is 18.9 Å². The van der Waals surface area contributed by atoms with Gasteiger partial charge in [0.1, 0.15) is 6.54 Å². The van der Waals surface area contributed by atoms with Crippen LogP contribution in [0, 0.1) is 0 Å². The average Bonchev–Trinajstić information content (AvgIpc) is 2.90. The lowest BCUT2D eigenvalue weighted by Crippen LogP contribution is -2.45. The molecule has 1 unspecified atom stereocenters. The fourth-order valence-electron chi connectivity index (χ4n) is 2.95. The van der Waals surface area contributed by atoms with E-state index < -0.39 is 31.8 Å². The SMILES string of the molecule is CCc1ccccc1N(CC(=O)N(C)C1CCS(=O)(=O)C1)S(C)(=O)=O. The van der Waals surface area contributed by atoms with Gasteiger partial charge in [0.2, 0.25) is 15.9 Å². The second kappa shape index (κ2) is 7.33. The number of benzene rings is 1. The van der Waals surface area contributed by atoms with Gasteiger partial charge in [-0.25, -0.2) is 16.8 Å². The number of sulfone groups is 1. The molecule has 1 atom stereocenters. The van der Waals surface area contributed by atoms with Crippen LogP contribution < -0.4 is 4.31 Å². The third kappa shape index (κ3) is 4.72. The van der Waals surface area contributed by atoms with E-state index in [1.165, 1.54) is 11.9 Å². The molecule has 25 heavy (non-hydrogen) atoms. The zero-order chi connectivity index (χ0) is 18.8. The molecule has 0 radical (unpaired) electrons. The fourth-order valence-corrected chi connectivity index (χ4v) is 5.61. The molecule has 1 amide bonds. The highest BCUT2D eigenvalue weighted by Gasteiger charge is 2.34. The Morgan fingerprint density at radius 3 is 2.44 bits per heavy atom. The number of aryl methyl sites for hydroxylation is 1. The highest BCUT2D eigenvalue weighted by atomic mass is 32.2. The number of para-hydroxylation sites is 1. The molecule has 9 heteroatoms. The summed E-state index contributed by atoms with van der Waals surface area (Å²) in [5.74, 6) is -0.429. The number of rotatable bonds is 6. The number of carbonyl (C=O) groups excluding carboxylic acids is 1. The van der Waals surface area contributed by atoms with Gasteiger partial charge in [-0.3, -0.25) is 9.10 Å². The van der Waals surface area contributed by atoms with Gasteiger partial charge in [-0.15, -0.1) is 0 Å². The number of hydrogen-bond acceptors (Lipinski definition) is 5.